The van der Waals surface area contributed by atoms with Gasteiger partial charge in [-0.2, -0.15) is 0 Å². The van der Waals surface area contributed by atoms with Crippen LogP contribution in [-0.4, -0.2) is 25.2 Å². The molecule has 5 heteroatoms. The highest BCUT2D eigenvalue weighted by Gasteiger charge is 2.13. The van der Waals surface area contributed by atoms with Crippen molar-refractivity contribution in [2.45, 2.75) is 0 Å². The van der Waals surface area contributed by atoms with E-state index >= 15 is 0 Å². The van der Waals surface area contributed by atoms with Crippen molar-refractivity contribution in [1.29, 1.82) is 0 Å². The van der Waals surface area contributed by atoms with Gasteiger partial charge in [0.05, 0.1) is 18.5 Å². The molecule has 2 heterocycles. The van der Waals surface area contributed by atoms with E-state index in [1.54, 1.807) is 18.4 Å². The molecule has 0 amide bonds. The number of aromatic nitrogens is 1. The summed E-state index contributed by atoms with van der Waals surface area (Å²) in [5.74, 6) is 1.75. The predicted octanol–water partition coefficient (Wildman–Crippen LogP) is 4.29. The van der Waals surface area contributed by atoms with Gasteiger partial charge in [-0.3, -0.25) is 0 Å². The van der Waals surface area contributed by atoms with E-state index in [9.17, 15) is 0 Å². The third-order valence-electron chi connectivity index (χ3n) is 3.77. The van der Waals surface area contributed by atoms with Gasteiger partial charge in [-0.05, 0) is 30.3 Å². The van der Waals surface area contributed by atoms with Crippen LogP contribution in [0.3, 0.4) is 0 Å². The van der Waals surface area contributed by atoms with Crippen LogP contribution in [0.5, 0.6) is 11.5 Å². The molecule has 116 valence electrons. The number of hydrogen-bond donors (Lipinski definition) is 1. The smallest absolute Gasteiger partial charge is 0.142 e. The van der Waals surface area contributed by atoms with Gasteiger partial charge < -0.3 is 14.8 Å². The van der Waals surface area contributed by atoms with Gasteiger partial charge in [0.15, 0.2) is 0 Å². The van der Waals surface area contributed by atoms with Crippen LogP contribution in [0.2, 0.25) is 0 Å². The molecule has 1 aliphatic heterocycles. The van der Waals surface area contributed by atoms with Crippen LogP contribution in [0.4, 0.5) is 5.69 Å². The number of rotatable bonds is 3. The minimum atomic E-state index is 0.711. The van der Waals surface area contributed by atoms with E-state index in [0.29, 0.717) is 6.61 Å². The van der Waals surface area contributed by atoms with Crippen LogP contribution in [0.25, 0.3) is 21.8 Å². The van der Waals surface area contributed by atoms with Crippen molar-refractivity contribution in [3.63, 3.8) is 0 Å². The molecule has 0 fully saturated rings. The lowest BCUT2D eigenvalue weighted by atomic mass is 10.1. The summed E-state index contributed by atoms with van der Waals surface area (Å²) < 4.78 is 10.9. The zero-order valence-electron chi connectivity index (χ0n) is 12.7. The van der Waals surface area contributed by atoms with Gasteiger partial charge in [0.25, 0.3) is 0 Å². The second-order valence-electron chi connectivity index (χ2n) is 5.26. The molecular formula is C18H16N2O2S. The normalized spacial score (nSPS) is 12.9. The maximum atomic E-state index is 5.62. The summed E-state index contributed by atoms with van der Waals surface area (Å²) in [5.41, 5.74) is 4.17. The molecule has 2 aromatic carbocycles. The number of nitrogens with zero attached hydrogens (tertiary/aromatic N) is 1. The van der Waals surface area contributed by atoms with Gasteiger partial charge in [-0.1, -0.05) is 12.1 Å². The van der Waals surface area contributed by atoms with Crippen molar-refractivity contribution < 1.29 is 9.47 Å². The highest BCUT2D eigenvalue weighted by atomic mass is 32.1. The van der Waals surface area contributed by atoms with Crippen molar-refractivity contribution in [3.8, 4) is 33.3 Å². The third-order valence-corrected chi connectivity index (χ3v) is 4.66. The molecule has 1 aliphatic rings. The molecule has 0 radical (unpaired) electrons. The molecule has 0 saturated carbocycles. The number of benzene rings is 2. The quantitative estimate of drug-likeness (QED) is 0.780. The van der Waals surface area contributed by atoms with E-state index < -0.39 is 0 Å². The SMILES string of the molecule is COc1cccc(-c2nc(-c3ccc4c(c3)NCCO4)cs2)c1. The summed E-state index contributed by atoms with van der Waals surface area (Å²) in [5, 5.41) is 6.43. The van der Waals surface area contributed by atoms with Gasteiger partial charge in [0.2, 0.25) is 0 Å². The first-order chi connectivity index (χ1) is 11.3. The highest BCUT2D eigenvalue weighted by molar-refractivity contribution is 7.13. The van der Waals surface area contributed by atoms with E-state index in [-0.39, 0.29) is 0 Å². The fourth-order valence-corrected chi connectivity index (χ4v) is 3.42. The second kappa shape index (κ2) is 5.93. The number of thiazole rings is 1. The van der Waals surface area contributed by atoms with E-state index in [2.05, 4.69) is 22.8 Å². The van der Waals surface area contributed by atoms with E-state index in [1.807, 2.05) is 30.3 Å². The van der Waals surface area contributed by atoms with Crippen LogP contribution in [0, 0.1) is 0 Å². The number of methoxy groups -OCH3 is 1. The molecule has 1 aromatic heterocycles. The average molecular weight is 324 g/mol. The number of ether oxygens (including phenoxy) is 2. The van der Waals surface area contributed by atoms with Crippen molar-refractivity contribution in [2.75, 3.05) is 25.6 Å². The van der Waals surface area contributed by atoms with Gasteiger partial charge in [-0.15, -0.1) is 11.3 Å². The second-order valence-corrected chi connectivity index (χ2v) is 6.11. The monoisotopic (exact) mass is 324 g/mol. The number of fused-ring (bicyclic) bond motifs is 1. The van der Waals surface area contributed by atoms with Gasteiger partial charge in [-0.25, -0.2) is 4.98 Å². The Kier molecular flexibility index (Phi) is 3.63. The fraction of sp³-hybridized carbons (Fsp3) is 0.167. The number of anilines is 1. The maximum Gasteiger partial charge on any atom is 0.142 e. The van der Waals surface area contributed by atoms with Gasteiger partial charge in [0.1, 0.15) is 23.1 Å². The van der Waals surface area contributed by atoms with Gasteiger partial charge >= 0.3 is 0 Å². The molecule has 0 atom stereocenters. The van der Waals surface area contributed by atoms with Gasteiger partial charge in [0, 0.05) is 23.1 Å². The van der Waals surface area contributed by atoms with E-state index in [0.717, 1.165) is 45.6 Å². The minimum Gasteiger partial charge on any atom is -0.497 e. The van der Waals surface area contributed by atoms with E-state index in [1.165, 1.54) is 0 Å². The third kappa shape index (κ3) is 2.75. The molecular weight excluding hydrogens is 308 g/mol. The average Bonchev–Trinajstić information content (AvgIpc) is 3.11. The zero-order valence-corrected chi connectivity index (χ0v) is 13.5. The van der Waals surface area contributed by atoms with Crippen molar-refractivity contribution >= 4 is 17.0 Å². The summed E-state index contributed by atoms with van der Waals surface area (Å²) in [4.78, 5) is 4.77. The molecule has 3 aromatic rings. The Labute approximate surface area is 138 Å². The molecule has 1 N–H and O–H groups in total. The van der Waals surface area contributed by atoms with Crippen LogP contribution >= 0.6 is 11.3 Å². The standard InChI is InChI=1S/C18H16N2O2S/c1-21-14-4-2-3-13(9-14)18-20-16(11-23-18)12-5-6-17-15(10-12)19-7-8-22-17/h2-6,9-11,19H,7-8H2,1H3. The molecule has 0 saturated heterocycles. The molecule has 0 spiro atoms. The largest absolute Gasteiger partial charge is 0.497 e. The zero-order chi connectivity index (χ0) is 15.6. The lowest BCUT2D eigenvalue weighted by Gasteiger charge is -2.19. The summed E-state index contributed by atoms with van der Waals surface area (Å²) in [6, 6.07) is 14.1. The fourth-order valence-electron chi connectivity index (χ4n) is 2.60. The predicted molar refractivity (Wildman–Crippen MR) is 93.5 cm³/mol. The highest BCUT2D eigenvalue weighted by Crippen LogP contribution is 2.35. The topological polar surface area (TPSA) is 43.4 Å². The van der Waals surface area contributed by atoms with Crippen LogP contribution in [-0.2, 0) is 0 Å². The summed E-state index contributed by atoms with van der Waals surface area (Å²) in [7, 11) is 1.68. The lowest BCUT2D eigenvalue weighted by Crippen LogP contribution is -2.17. The summed E-state index contributed by atoms with van der Waals surface area (Å²) in [6.07, 6.45) is 0. The van der Waals surface area contributed by atoms with Crippen LogP contribution < -0.4 is 14.8 Å². The number of nitrogens with one attached hydrogen (secondary N) is 1. The van der Waals surface area contributed by atoms with Crippen LogP contribution in [0.15, 0.2) is 47.8 Å². The van der Waals surface area contributed by atoms with E-state index in [4.69, 9.17) is 14.5 Å². The molecule has 0 unspecified atom stereocenters. The van der Waals surface area contributed by atoms with Crippen LogP contribution in [0.1, 0.15) is 0 Å². The Balaban J connectivity index is 1.67. The summed E-state index contributed by atoms with van der Waals surface area (Å²) >= 11 is 1.64. The molecule has 0 bridgehead atoms. The molecule has 23 heavy (non-hydrogen) atoms. The first-order valence-corrected chi connectivity index (χ1v) is 8.32. The Morgan fingerprint density at radius 1 is 1.17 bits per heavy atom. The Hall–Kier alpha value is -2.53. The lowest BCUT2D eigenvalue weighted by molar-refractivity contribution is 0.323. The Morgan fingerprint density at radius 3 is 3.04 bits per heavy atom. The first-order valence-electron chi connectivity index (χ1n) is 7.44. The first kappa shape index (κ1) is 14.1. The molecule has 4 rings (SSSR count). The molecule has 0 aliphatic carbocycles. The van der Waals surface area contributed by atoms with Crippen molar-refractivity contribution in [3.05, 3.63) is 47.8 Å². The number of hydrogen-bond acceptors (Lipinski definition) is 5. The van der Waals surface area contributed by atoms with Crippen molar-refractivity contribution in [2.24, 2.45) is 0 Å². The maximum absolute atomic E-state index is 5.62. The van der Waals surface area contributed by atoms with Crippen molar-refractivity contribution in [1.82, 2.24) is 4.98 Å². The Morgan fingerprint density at radius 2 is 2.13 bits per heavy atom. The summed E-state index contributed by atoms with van der Waals surface area (Å²) in [6.45, 7) is 1.55. The Bertz CT molecular complexity index is 845. The molecule has 4 nitrogen and oxygen atoms in total. The minimum absolute atomic E-state index is 0.711.